The van der Waals surface area contributed by atoms with Crippen LogP contribution in [0.4, 0.5) is 0 Å². The smallest absolute Gasteiger partial charge is 0.272 e. The van der Waals surface area contributed by atoms with Gasteiger partial charge in [0.15, 0.2) is 5.69 Å². The number of carbonyl (C=O) groups is 1. The molecular weight excluding hydrogens is 328 g/mol. The minimum atomic E-state index is -0.263. The molecule has 3 N–H and O–H groups in total. The van der Waals surface area contributed by atoms with Crippen LogP contribution in [0.3, 0.4) is 0 Å². The monoisotopic (exact) mass is 350 g/mol. The van der Waals surface area contributed by atoms with Crippen LogP contribution < -0.4 is 15.8 Å². The highest BCUT2D eigenvalue weighted by Gasteiger charge is 2.34. The number of methoxy groups -OCH3 is 1. The Balaban J connectivity index is 0.00000208. The van der Waals surface area contributed by atoms with Gasteiger partial charge >= 0.3 is 0 Å². The van der Waals surface area contributed by atoms with Crippen LogP contribution in [0.15, 0.2) is 36.5 Å². The van der Waals surface area contributed by atoms with Gasteiger partial charge in [0.1, 0.15) is 5.75 Å². The van der Waals surface area contributed by atoms with Crippen molar-refractivity contribution in [3.63, 3.8) is 0 Å². The lowest BCUT2D eigenvalue weighted by molar-refractivity contribution is 0.0897. The van der Waals surface area contributed by atoms with Crippen LogP contribution in [0.5, 0.6) is 5.75 Å². The summed E-state index contributed by atoms with van der Waals surface area (Å²) in [7, 11) is 1.63. The summed E-state index contributed by atoms with van der Waals surface area (Å²) < 4.78 is 6.82. The van der Waals surface area contributed by atoms with Crippen LogP contribution in [0.2, 0.25) is 0 Å². The molecule has 0 aliphatic heterocycles. The molecule has 0 spiro atoms. The summed E-state index contributed by atoms with van der Waals surface area (Å²) in [6.07, 6.45) is 5.87. The molecule has 1 saturated carbocycles. The predicted octanol–water partition coefficient (Wildman–Crippen LogP) is 2.30. The first-order valence-electron chi connectivity index (χ1n) is 7.88. The summed E-state index contributed by atoms with van der Waals surface area (Å²) >= 11 is 0. The molecule has 0 bridgehead atoms. The Kier molecular flexibility index (Phi) is 5.85. The van der Waals surface area contributed by atoms with E-state index in [0.29, 0.717) is 12.2 Å². The summed E-state index contributed by atoms with van der Waals surface area (Å²) in [5.41, 5.74) is 6.88. The number of rotatable bonds is 5. The van der Waals surface area contributed by atoms with E-state index in [9.17, 15) is 4.79 Å². The number of ether oxygens (including phenoxy) is 1. The molecule has 1 fully saturated rings. The van der Waals surface area contributed by atoms with Crippen LogP contribution >= 0.6 is 12.4 Å². The van der Waals surface area contributed by atoms with Crippen LogP contribution in [0, 0.1) is 0 Å². The van der Waals surface area contributed by atoms with Gasteiger partial charge in [0.05, 0.1) is 18.3 Å². The molecule has 6 nitrogen and oxygen atoms in total. The van der Waals surface area contributed by atoms with Crippen molar-refractivity contribution in [3.05, 3.63) is 42.2 Å². The van der Waals surface area contributed by atoms with Gasteiger partial charge in [-0.2, -0.15) is 5.10 Å². The molecule has 1 aromatic carbocycles. The first-order valence-corrected chi connectivity index (χ1v) is 7.88. The highest BCUT2D eigenvalue weighted by Crippen LogP contribution is 2.28. The largest absolute Gasteiger partial charge is 0.497 e. The van der Waals surface area contributed by atoms with Crippen molar-refractivity contribution in [2.24, 2.45) is 5.73 Å². The van der Waals surface area contributed by atoms with Gasteiger partial charge in [-0.1, -0.05) is 12.8 Å². The fourth-order valence-corrected chi connectivity index (χ4v) is 3.06. The fourth-order valence-electron chi connectivity index (χ4n) is 3.06. The number of hydrogen-bond donors (Lipinski definition) is 2. The summed E-state index contributed by atoms with van der Waals surface area (Å²) in [4.78, 5) is 12.4. The quantitative estimate of drug-likeness (QED) is 0.866. The molecule has 1 aliphatic carbocycles. The Hall–Kier alpha value is -2.05. The van der Waals surface area contributed by atoms with Crippen LogP contribution in [0.1, 0.15) is 36.2 Å². The molecule has 1 aromatic heterocycles. The SMILES string of the molecule is COc1ccc(-n2ccc(C(=O)NC3(CN)CCCC3)n2)cc1.Cl. The molecule has 1 aliphatic rings. The van der Waals surface area contributed by atoms with Gasteiger partial charge < -0.3 is 15.8 Å². The van der Waals surface area contributed by atoms with E-state index in [4.69, 9.17) is 10.5 Å². The van der Waals surface area contributed by atoms with Gasteiger partial charge in [0.25, 0.3) is 5.91 Å². The van der Waals surface area contributed by atoms with Gasteiger partial charge in [-0.15, -0.1) is 12.4 Å². The number of nitrogens with zero attached hydrogens (tertiary/aromatic N) is 2. The van der Waals surface area contributed by atoms with E-state index < -0.39 is 0 Å². The summed E-state index contributed by atoms with van der Waals surface area (Å²) in [6, 6.07) is 9.23. The van der Waals surface area contributed by atoms with Crippen molar-refractivity contribution < 1.29 is 9.53 Å². The van der Waals surface area contributed by atoms with Crippen molar-refractivity contribution in [3.8, 4) is 11.4 Å². The zero-order valence-corrected chi connectivity index (χ0v) is 14.5. The third-order valence-electron chi connectivity index (χ3n) is 4.49. The van der Waals surface area contributed by atoms with Gasteiger partial charge in [-0.05, 0) is 43.2 Å². The molecule has 3 rings (SSSR count). The third kappa shape index (κ3) is 3.71. The van der Waals surface area contributed by atoms with Gasteiger partial charge in [-0.3, -0.25) is 4.79 Å². The van der Waals surface area contributed by atoms with E-state index in [2.05, 4.69) is 10.4 Å². The van der Waals surface area contributed by atoms with Crippen LogP contribution in [-0.4, -0.2) is 34.9 Å². The third-order valence-corrected chi connectivity index (χ3v) is 4.49. The highest BCUT2D eigenvalue weighted by molar-refractivity contribution is 5.92. The summed E-state index contributed by atoms with van der Waals surface area (Å²) in [6.45, 7) is 0.470. The highest BCUT2D eigenvalue weighted by atomic mass is 35.5. The van der Waals surface area contributed by atoms with Crippen LogP contribution in [-0.2, 0) is 0 Å². The number of halogens is 1. The Morgan fingerprint density at radius 3 is 2.54 bits per heavy atom. The molecule has 24 heavy (non-hydrogen) atoms. The second-order valence-electron chi connectivity index (χ2n) is 5.99. The maximum Gasteiger partial charge on any atom is 0.272 e. The van der Waals surface area contributed by atoms with Gasteiger partial charge in [0.2, 0.25) is 0 Å². The normalized spacial score (nSPS) is 15.6. The minimum absolute atomic E-state index is 0. The Morgan fingerprint density at radius 2 is 1.96 bits per heavy atom. The first-order chi connectivity index (χ1) is 11.2. The molecule has 1 heterocycles. The van der Waals surface area contributed by atoms with Crippen LogP contribution in [0.25, 0.3) is 5.69 Å². The Labute approximate surface area is 147 Å². The van der Waals surface area contributed by atoms with E-state index in [1.54, 1.807) is 24.1 Å². The molecule has 2 aromatic rings. The first kappa shape index (κ1) is 18.3. The Morgan fingerprint density at radius 1 is 1.29 bits per heavy atom. The van der Waals surface area contributed by atoms with Gasteiger partial charge in [0, 0.05) is 12.7 Å². The number of benzene rings is 1. The zero-order chi connectivity index (χ0) is 16.3. The standard InChI is InChI=1S/C17H22N4O2.ClH/c1-23-14-6-4-13(5-7-14)21-11-8-15(20-21)16(22)19-17(12-18)9-2-3-10-17;/h4-8,11H,2-3,9-10,12,18H2,1H3,(H,19,22);1H. The number of aromatic nitrogens is 2. The maximum atomic E-state index is 12.4. The van der Waals surface area contributed by atoms with E-state index in [1.807, 2.05) is 24.3 Å². The predicted molar refractivity (Wildman–Crippen MR) is 95.1 cm³/mol. The average Bonchev–Trinajstić information content (AvgIpc) is 3.25. The van der Waals surface area contributed by atoms with Crippen molar-refractivity contribution >= 4 is 18.3 Å². The second kappa shape index (κ2) is 7.68. The molecule has 0 unspecified atom stereocenters. The minimum Gasteiger partial charge on any atom is -0.497 e. The lowest BCUT2D eigenvalue weighted by Crippen LogP contribution is -2.51. The molecular formula is C17H23ClN4O2. The van der Waals surface area contributed by atoms with E-state index >= 15 is 0 Å². The second-order valence-corrected chi connectivity index (χ2v) is 5.99. The summed E-state index contributed by atoms with van der Waals surface area (Å²) in [5.74, 6) is 0.620. The number of carbonyl (C=O) groups excluding carboxylic acids is 1. The fraction of sp³-hybridized carbons (Fsp3) is 0.412. The van der Waals surface area contributed by atoms with Gasteiger partial charge in [-0.25, -0.2) is 4.68 Å². The molecule has 130 valence electrons. The van der Waals surface area contributed by atoms with Crippen molar-refractivity contribution in [1.29, 1.82) is 0 Å². The lowest BCUT2D eigenvalue weighted by atomic mass is 9.97. The maximum absolute atomic E-state index is 12.4. The lowest BCUT2D eigenvalue weighted by Gasteiger charge is -2.28. The number of hydrogen-bond acceptors (Lipinski definition) is 4. The summed E-state index contributed by atoms with van der Waals surface area (Å²) in [5, 5.41) is 7.45. The average molecular weight is 351 g/mol. The van der Waals surface area contributed by atoms with Crippen molar-refractivity contribution in [1.82, 2.24) is 15.1 Å². The molecule has 0 radical (unpaired) electrons. The molecule has 0 saturated heterocycles. The molecule has 7 heteroatoms. The van der Waals surface area contributed by atoms with Crippen molar-refractivity contribution in [2.75, 3.05) is 13.7 Å². The molecule has 1 amide bonds. The van der Waals surface area contributed by atoms with E-state index in [-0.39, 0.29) is 23.9 Å². The topological polar surface area (TPSA) is 82.2 Å². The number of amides is 1. The number of nitrogens with one attached hydrogen (secondary N) is 1. The molecule has 0 atom stereocenters. The van der Waals surface area contributed by atoms with E-state index in [1.165, 1.54) is 0 Å². The van der Waals surface area contributed by atoms with Crippen molar-refractivity contribution in [2.45, 2.75) is 31.2 Å². The van der Waals surface area contributed by atoms with E-state index in [0.717, 1.165) is 37.1 Å². The zero-order valence-electron chi connectivity index (χ0n) is 13.7. The number of nitrogens with two attached hydrogens (primary N) is 1. The Bertz CT molecular complexity index is 678.